The van der Waals surface area contributed by atoms with Crippen LogP contribution >= 0.6 is 0 Å². The van der Waals surface area contributed by atoms with Crippen LogP contribution < -0.4 is 5.32 Å². The van der Waals surface area contributed by atoms with E-state index in [9.17, 15) is 4.79 Å². The van der Waals surface area contributed by atoms with Crippen molar-refractivity contribution in [2.45, 2.75) is 52.5 Å². The fourth-order valence-electron chi connectivity index (χ4n) is 1.32. The highest BCUT2D eigenvalue weighted by Gasteiger charge is 2.26. The van der Waals surface area contributed by atoms with Crippen molar-refractivity contribution < 1.29 is 4.79 Å². The highest BCUT2D eigenvalue weighted by atomic mass is 16.1. The monoisotopic (exact) mass is 197 g/mol. The molecule has 2 heteroatoms. The molecular formula is C12H23NO. The van der Waals surface area contributed by atoms with Gasteiger partial charge in [-0.25, -0.2) is 0 Å². The van der Waals surface area contributed by atoms with Crippen LogP contribution in [-0.2, 0) is 4.79 Å². The van der Waals surface area contributed by atoms with E-state index in [0.717, 1.165) is 19.3 Å². The van der Waals surface area contributed by atoms with Gasteiger partial charge >= 0.3 is 0 Å². The fraction of sp³-hybridized carbons (Fsp3) is 0.750. The number of rotatable bonds is 6. The lowest BCUT2D eigenvalue weighted by Gasteiger charge is -2.25. The van der Waals surface area contributed by atoms with Crippen molar-refractivity contribution in [2.24, 2.45) is 0 Å². The lowest BCUT2D eigenvalue weighted by molar-refractivity contribution is -0.122. The van der Waals surface area contributed by atoms with Crippen LogP contribution in [0.5, 0.6) is 0 Å². The fourth-order valence-corrected chi connectivity index (χ4v) is 1.32. The summed E-state index contributed by atoms with van der Waals surface area (Å²) < 4.78 is 0. The summed E-state index contributed by atoms with van der Waals surface area (Å²) >= 11 is 0. The van der Waals surface area contributed by atoms with Gasteiger partial charge in [0.25, 0.3) is 0 Å². The molecule has 0 amide bonds. The molecule has 0 aromatic carbocycles. The maximum absolute atomic E-state index is 11.3. The molecule has 1 N–H and O–H groups in total. The van der Waals surface area contributed by atoms with Gasteiger partial charge in [-0.3, -0.25) is 4.79 Å². The lowest BCUT2D eigenvalue weighted by Crippen LogP contribution is -2.46. The molecular weight excluding hydrogens is 174 g/mol. The molecule has 0 unspecified atom stereocenters. The molecule has 82 valence electrons. The summed E-state index contributed by atoms with van der Waals surface area (Å²) in [7, 11) is 1.85. The van der Waals surface area contributed by atoms with Crippen molar-refractivity contribution in [1.29, 1.82) is 0 Å². The number of carbonyl (C=O) groups excluding carboxylic acids is 1. The summed E-state index contributed by atoms with van der Waals surface area (Å²) in [5.74, 6) is 0.220. The first kappa shape index (κ1) is 13.4. The molecule has 0 aliphatic carbocycles. The summed E-state index contributed by atoms with van der Waals surface area (Å²) in [5.41, 5.74) is 1.01. The Kier molecular flexibility index (Phi) is 5.70. The van der Waals surface area contributed by atoms with Crippen LogP contribution in [0.25, 0.3) is 0 Å². The molecule has 1 atom stereocenters. The zero-order valence-electron chi connectivity index (χ0n) is 10.1. The average molecular weight is 197 g/mol. The number of hydrogen-bond acceptors (Lipinski definition) is 2. The molecule has 0 aromatic heterocycles. The largest absolute Gasteiger partial charge is 0.308 e. The maximum atomic E-state index is 11.3. The van der Waals surface area contributed by atoms with Gasteiger partial charge in [-0.15, -0.1) is 0 Å². The Bertz CT molecular complexity index is 216. The molecule has 14 heavy (non-hydrogen) atoms. The van der Waals surface area contributed by atoms with Gasteiger partial charge in [-0.2, -0.15) is 0 Å². The summed E-state index contributed by atoms with van der Waals surface area (Å²) in [5, 5.41) is 3.10. The molecule has 2 nitrogen and oxygen atoms in total. The van der Waals surface area contributed by atoms with Crippen LogP contribution in [0.4, 0.5) is 0 Å². The number of likely N-dealkylation sites (N-methyl/N-ethyl adjacent to an activating group) is 1. The van der Waals surface area contributed by atoms with Crippen LogP contribution in [0.3, 0.4) is 0 Å². The first-order valence-corrected chi connectivity index (χ1v) is 5.25. The molecule has 0 rings (SSSR count). The third-order valence-corrected chi connectivity index (χ3v) is 2.76. The lowest BCUT2D eigenvalue weighted by atomic mass is 9.91. The van der Waals surface area contributed by atoms with Crippen LogP contribution in [0, 0.1) is 0 Å². The van der Waals surface area contributed by atoms with E-state index in [0.29, 0.717) is 0 Å². The maximum Gasteiger partial charge on any atom is 0.149 e. The number of hydrogen-bond donors (Lipinski definition) is 1. The second-order valence-electron chi connectivity index (χ2n) is 4.31. The van der Waals surface area contributed by atoms with Gasteiger partial charge in [-0.1, -0.05) is 11.6 Å². The molecule has 0 saturated heterocycles. The van der Waals surface area contributed by atoms with Gasteiger partial charge in [0.2, 0.25) is 0 Å². The smallest absolute Gasteiger partial charge is 0.149 e. The quantitative estimate of drug-likeness (QED) is 0.524. The Labute approximate surface area is 87.8 Å². The van der Waals surface area contributed by atoms with Crippen LogP contribution in [-0.4, -0.2) is 18.4 Å². The van der Waals surface area contributed by atoms with Gasteiger partial charge in [-0.05, 0) is 54.0 Å². The molecule has 0 aliphatic heterocycles. The second kappa shape index (κ2) is 5.97. The first-order valence-electron chi connectivity index (χ1n) is 5.25. The summed E-state index contributed by atoms with van der Waals surface area (Å²) in [6.45, 7) is 7.82. The van der Waals surface area contributed by atoms with Crippen molar-refractivity contribution in [3.05, 3.63) is 11.6 Å². The van der Waals surface area contributed by atoms with Gasteiger partial charge in [0.05, 0.1) is 5.54 Å². The van der Waals surface area contributed by atoms with Crippen LogP contribution in [0.1, 0.15) is 47.0 Å². The minimum absolute atomic E-state index is 0.220. The number of Topliss-reactive ketones (excluding diaryl/α,β-unsaturated/α-hetero) is 1. The van der Waals surface area contributed by atoms with E-state index in [2.05, 4.69) is 25.2 Å². The van der Waals surface area contributed by atoms with Crippen molar-refractivity contribution >= 4 is 5.78 Å². The van der Waals surface area contributed by atoms with E-state index in [-0.39, 0.29) is 11.3 Å². The van der Waals surface area contributed by atoms with Gasteiger partial charge < -0.3 is 5.32 Å². The third-order valence-electron chi connectivity index (χ3n) is 2.76. The summed E-state index contributed by atoms with van der Waals surface area (Å²) in [6.07, 6.45) is 5.24. The minimum Gasteiger partial charge on any atom is -0.308 e. The highest BCUT2D eigenvalue weighted by Crippen LogP contribution is 2.15. The predicted octanol–water partition coefficient (Wildman–Crippen LogP) is 2.69. The Hall–Kier alpha value is -0.630. The van der Waals surface area contributed by atoms with E-state index in [1.165, 1.54) is 5.57 Å². The van der Waals surface area contributed by atoms with E-state index in [1.807, 2.05) is 14.0 Å². The Balaban J connectivity index is 3.97. The molecule has 0 saturated carbocycles. The topological polar surface area (TPSA) is 29.1 Å². The zero-order chi connectivity index (χ0) is 11.2. The van der Waals surface area contributed by atoms with Crippen molar-refractivity contribution in [1.82, 2.24) is 5.32 Å². The van der Waals surface area contributed by atoms with Gasteiger partial charge in [0, 0.05) is 0 Å². The van der Waals surface area contributed by atoms with E-state index in [1.54, 1.807) is 6.92 Å². The molecule has 0 heterocycles. The highest BCUT2D eigenvalue weighted by molar-refractivity contribution is 5.85. The number of nitrogens with one attached hydrogen (secondary N) is 1. The predicted molar refractivity (Wildman–Crippen MR) is 61.4 cm³/mol. The Morgan fingerprint density at radius 2 is 1.93 bits per heavy atom. The third kappa shape index (κ3) is 4.56. The number of carbonyl (C=O) groups is 1. The molecule has 0 fully saturated rings. The first-order chi connectivity index (χ1) is 6.42. The Morgan fingerprint density at radius 1 is 1.36 bits per heavy atom. The molecule has 0 spiro atoms. The standard InChI is InChI=1S/C12H23NO/c1-10(2)8-6-7-9-12(4,13-5)11(3)14/h8,13H,6-7,9H2,1-5H3/t12-/m1/s1. The molecule has 0 bridgehead atoms. The van der Waals surface area contributed by atoms with E-state index >= 15 is 0 Å². The summed E-state index contributed by atoms with van der Waals surface area (Å²) in [4.78, 5) is 11.3. The van der Waals surface area contributed by atoms with Gasteiger partial charge in [0.15, 0.2) is 0 Å². The van der Waals surface area contributed by atoms with Crippen LogP contribution in [0.2, 0.25) is 0 Å². The molecule has 0 radical (unpaired) electrons. The van der Waals surface area contributed by atoms with Gasteiger partial charge in [0.1, 0.15) is 5.78 Å². The number of unbranched alkanes of at least 4 members (excludes halogenated alkanes) is 1. The van der Waals surface area contributed by atoms with Crippen LogP contribution in [0.15, 0.2) is 11.6 Å². The Morgan fingerprint density at radius 3 is 2.29 bits per heavy atom. The number of allylic oxidation sites excluding steroid dienone is 2. The normalized spacial score (nSPS) is 14.6. The molecule has 0 aliphatic rings. The van der Waals surface area contributed by atoms with E-state index in [4.69, 9.17) is 0 Å². The second-order valence-corrected chi connectivity index (χ2v) is 4.31. The average Bonchev–Trinajstić information content (AvgIpc) is 2.11. The van der Waals surface area contributed by atoms with E-state index < -0.39 is 0 Å². The summed E-state index contributed by atoms with van der Waals surface area (Å²) in [6, 6.07) is 0. The molecule has 0 aromatic rings. The van der Waals surface area contributed by atoms with Crippen molar-refractivity contribution in [3.8, 4) is 0 Å². The zero-order valence-corrected chi connectivity index (χ0v) is 10.1. The minimum atomic E-state index is -0.338. The van der Waals surface area contributed by atoms with Crippen molar-refractivity contribution in [2.75, 3.05) is 7.05 Å². The number of ketones is 1. The van der Waals surface area contributed by atoms with Crippen molar-refractivity contribution in [3.63, 3.8) is 0 Å². The SMILES string of the molecule is CN[C@](C)(CCCC=C(C)C)C(C)=O.